The van der Waals surface area contributed by atoms with Gasteiger partial charge in [-0.15, -0.1) is 0 Å². The number of ether oxygens (including phenoxy) is 3. The van der Waals surface area contributed by atoms with Gasteiger partial charge in [-0.05, 0) is 35.8 Å². The van der Waals surface area contributed by atoms with Crippen molar-refractivity contribution in [3.8, 4) is 11.5 Å². The zero-order chi connectivity index (χ0) is 17.6. The number of nitrogens with zero attached hydrogens (tertiary/aromatic N) is 1. The molecule has 1 aliphatic heterocycles. The molecule has 2 aromatic carbocycles. The third-order valence-electron chi connectivity index (χ3n) is 3.81. The summed E-state index contributed by atoms with van der Waals surface area (Å²) in [6.45, 7) is 0. The van der Waals surface area contributed by atoms with E-state index in [2.05, 4.69) is 4.99 Å². The molecule has 0 bridgehead atoms. The number of carbonyl (C=O) groups is 1. The highest BCUT2D eigenvalue weighted by molar-refractivity contribution is 6.07. The topological polar surface area (TPSA) is 57.1 Å². The van der Waals surface area contributed by atoms with E-state index in [9.17, 15) is 4.79 Å². The normalized spacial score (nSPS) is 15.0. The number of hydrogen-bond acceptors (Lipinski definition) is 5. The average Bonchev–Trinajstić information content (AvgIpc) is 3.00. The minimum Gasteiger partial charge on any atom is -0.497 e. The number of benzene rings is 2. The fourth-order valence-electron chi connectivity index (χ4n) is 2.53. The van der Waals surface area contributed by atoms with Crippen molar-refractivity contribution in [2.24, 2.45) is 4.99 Å². The molecular weight excluding hydrogens is 318 g/mol. The van der Waals surface area contributed by atoms with Gasteiger partial charge in [-0.3, -0.25) is 0 Å². The molecule has 0 atom stereocenters. The highest BCUT2D eigenvalue weighted by atomic mass is 16.6. The monoisotopic (exact) mass is 337 g/mol. The van der Waals surface area contributed by atoms with E-state index in [1.807, 2.05) is 30.3 Å². The second kappa shape index (κ2) is 7.66. The Morgan fingerprint density at radius 1 is 1.00 bits per heavy atom. The van der Waals surface area contributed by atoms with Gasteiger partial charge in [-0.25, -0.2) is 9.79 Å². The van der Waals surface area contributed by atoms with Crippen molar-refractivity contribution in [2.75, 3.05) is 14.2 Å². The lowest BCUT2D eigenvalue weighted by molar-refractivity contribution is -0.130. The third-order valence-corrected chi connectivity index (χ3v) is 3.81. The highest BCUT2D eigenvalue weighted by Crippen LogP contribution is 2.25. The summed E-state index contributed by atoms with van der Waals surface area (Å²) >= 11 is 0. The van der Waals surface area contributed by atoms with Gasteiger partial charge in [0.1, 0.15) is 11.5 Å². The van der Waals surface area contributed by atoms with Crippen molar-refractivity contribution in [3.05, 3.63) is 65.4 Å². The first kappa shape index (κ1) is 16.8. The maximum atomic E-state index is 12.0. The van der Waals surface area contributed by atoms with Gasteiger partial charge in [0.15, 0.2) is 11.6 Å². The molecule has 25 heavy (non-hydrogen) atoms. The van der Waals surface area contributed by atoms with Crippen LogP contribution in [0.25, 0.3) is 6.08 Å². The van der Waals surface area contributed by atoms with E-state index in [4.69, 9.17) is 14.2 Å². The van der Waals surface area contributed by atoms with Crippen LogP contribution in [0.2, 0.25) is 0 Å². The van der Waals surface area contributed by atoms with Crippen LogP contribution in [0.3, 0.4) is 0 Å². The van der Waals surface area contributed by atoms with E-state index in [1.54, 1.807) is 38.5 Å². The quantitative estimate of drug-likeness (QED) is 0.596. The number of cyclic esters (lactones) is 1. The molecule has 0 aliphatic carbocycles. The maximum Gasteiger partial charge on any atom is 0.363 e. The SMILES string of the molecule is COc1cc(/C=C2/N=C(CCc3ccccc3)OC2=O)cc(OC)c1. The smallest absolute Gasteiger partial charge is 0.363 e. The zero-order valence-electron chi connectivity index (χ0n) is 14.2. The van der Waals surface area contributed by atoms with E-state index >= 15 is 0 Å². The number of aryl methyl sites for hydroxylation is 1. The van der Waals surface area contributed by atoms with Crippen LogP contribution < -0.4 is 9.47 Å². The molecular formula is C20H19NO4. The predicted octanol–water partition coefficient (Wildman–Crippen LogP) is 3.63. The Morgan fingerprint density at radius 2 is 1.68 bits per heavy atom. The molecule has 0 unspecified atom stereocenters. The summed E-state index contributed by atoms with van der Waals surface area (Å²) in [7, 11) is 3.16. The largest absolute Gasteiger partial charge is 0.497 e. The lowest BCUT2D eigenvalue weighted by Crippen LogP contribution is -2.05. The third kappa shape index (κ3) is 4.26. The lowest BCUT2D eigenvalue weighted by atomic mass is 10.1. The Morgan fingerprint density at radius 3 is 2.32 bits per heavy atom. The number of esters is 1. The Hall–Kier alpha value is -3.08. The van der Waals surface area contributed by atoms with Gasteiger partial charge in [0.25, 0.3) is 0 Å². The molecule has 1 heterocycles. The van der Waals surface area contributed by atoms with Crippen molar-refractivity contribution in [2.45, 2.75) is 12.8 Å². The first-order valence-electron chi connectivity index (χ1n) is 7.96. The molecule has 128 valence electrons. The molecule has 0 radical (unpaired) electrons. The van der Waals surface area contributed by atoms with Crippen LogP contribution in [0.5, 0.6) is 11.5 Å². The van der Waals surface area contributed by atoms with Crippen molar-refractivity contribution in [3.63, 3.8) is 0 Å². The Balaban J connectivity index is 1.76. The number of rotatable bonds is 6. The van der Waals surface area contributed by atoms with Crippen LogP contribution in [0, 0.1) is 0 Å². The lowest BCUT2D eigenvalue weighted by Gasteiger charge is -2.05. The Bertz CT molecular complexity index is 803. The number of aliphatic imine (C=N–C) groups is 1. The zero-order valence-corrected chi connectivity index (χ0v) is 14.2. The number of methoxy groups -OCH3 is 2. The van der Waals surface area contributed by atoms with Crippen LogP contribution in [0.4, 0.5) is 0 Å². The summed E-state index contributed by atoms with van der Waals surface area (Å²) in [5.41, 5.74) is 2.21. The summed E-state index contributed by atoms with van der Waals surface area (Å²) in [5, 5.41) is 0. The molecule has 3 rings (SSSR count). The molecule has 0 saturated heterocycles. The van der Waals surface area contributed by atoms with Gasteiger partial charge in [0, 0.05) is 12.5 Å². The van der Waals surface area contributed by atoms with Gasteiger partial charge in [-0.1, -0.05) is 30.3 Å². The van der Waals surface area contributed by atoms with Crippen molar-refractivity contribution in [1.82, 2.24) is 0 Å². The molecule has 0 saturated carbocycles. The van der Waals surface area contributed by atoms with Crippen LogP contribution in [-0.4, -0.2) is 26.1 Å². The molecule has 1 aliphatic rings. The standard InChI is InChI=1S/C20H19NO4/c1-23-16-10-15(11-17(13-16)24-2)12-18-20(22)25-19(21-18)9-8-14-6-4-3-5-7-14/h3-7,10-13H,8-9H2,1-2H3/b18-12+. The van der Waals surface area contributed by atoms with Crippen LogP contribution in [0.1, 0.15) is 17.5 Å². The van der Waals surface area contributed by atoms with Crippen LogP contribution >= 0.6 is 0 Å². The van der Waals surface area contributed by atoms with E-state index in [0.717, 1.165) is 12.0 Å². The summed E-state index contributed by atoms with van der Waals surface area (Å²) in [5.74, 6) is 1.29. The molecule has 0 amide bonds. The van der Waals surface area contributed by atoms with E-state index in [-0.39, 0.29) is 5.70 Å². The Kier molecular flexibility index (Phi) is 5.14. The van der Waals surface area contributed by atoms with Crippen molar-refractivity contribution >= 4 is 17.9 Å². The van der Waals surface area contributed by atoms with Crippen molar-refractivity contribution in [1.29, 1.82) is 0 Å². The van der Waals surface area contributed by atoms with Gasteiger partial charge in [-0.2, -0.15) is 0 Å². The molecule has 0 fully saturated rings. The number of hydrogen-bond donors (Lipinski definition) is 0. The second-order valence-electron chi connectivity index (χ2n) is 5.56. The molecule has 0 aromatic heterocycles. The van der Waals surface area contributed by atoms with Gasteiger partial charge < -0.3 is 14.2 Å². The van der Waals surface area contributed by atoms with E-state index in [0.29, 0.717) is 23.8 Å². The average molecular weight is 337 g/mol. The first-order chi connectivity index (χ1) is 12.2. The fraction of sp³-hybridized carbons (Fsp3) is 0.200. The summed E-state index contributed by atoms with van der Waals surface area (Å²) in [6.07, 6.45) is 3.02. The summed E-state index contributed by atoms with van der Waals surface area (Å²) in [6, 6.07) is 15.4. The van der Waals surface area contributed by atoms with Gasteiger partial charge >= 0.3 is 5.97 Å². The summed E-state index contributed by atoms with van der Waals surface area (Å²) < 4.78 is 15.7. The molecule has 0 spiro atoms. The van der Waals surface area contributed by atoms with E-state index in [1.165, 1.54) is 5.56 Å². The van der Waals surface area contributed by atoms with Crippen LogP contribution in [-0.2, 0) is 16.0 Å². The van der Waals surface area contributed by atoms with Crippen LogP contribution in [0.15, 0.2) is 59.2 Å². The first-order valence-corrected chi connectivity index (χ1v) is 7.96. The highest BCUT2D eigenvalue weighted by Gasteiger charge is 2.22. The molecule has 2 aromatic rings. The van der Waals surface area contributed by atoms with Crippen molar-refractivity contribution < 1.29 is 19.0 Å². The fourth-order valence-corrected chi connectivity index (χ4v) is 2.53. The van der Waals surface area contributed by atoms with E-state index < -0.39 is 5.97 Å². The van der Waals surface area contributed by atoms with Gasteiger partial charge in [0.05, 0.1) is 14.2 Å². The second-order valence-corrected chi connectivity index (χ2v) is 5.56. The molecule has 0 N–H and O–H groups in total. The van der Waals surface area contributed by atoms with Gasteiger partial charge in [0.2, 0.25) is 0 Å². The minimum atomic E-state index is -0.440. The number of carbonyl (C=O) groups excluding carboxylic acids is 1. The predicted molar refractivity (Wildman–Crippen MR) is 95.8 cm³/mol. The summed E-state index contributed by atoms with van der Waals surface area (Å²) in [4.78, 5) is 16.4. The molecule has 5 nitrogen and oxygen atoms in total. The minimum absolute atomic E-state index is 0.276. The molecule has 5 heteroatoms. The maximum absolute atomic E-state index is 12.0. The Labute approximate surface area is 146 Å².